The summed E-state index contributed by atoms with van der Waals surface area (Å²) in [6.07, 6.45) is 0.543. The van der Waals surface area contributed by atoms with Crippen LogP contribution in [0.25, 0.3) is 0 Å². The van der Waals surface area contributed by atoms with Gasteiger partial charge in [-0.05, 0) is 44.9 Å². The Morgan fingerprint density at radius 3 is 2.23 bits per heavy atom. The Balaban J connectivity index is 2.23. The van der Waals surface area contributed by atoms with Gasteiger partial charge in [-0.25, -0.2) is 8.42 Å². The molecule has 2 aromatic carbocycles. The Morgan fingerprint density at radius 1 is 1.04 bits per heavy atom. The van der Waals surface area contributed by atoms with E-state index < -0.39 is 10.0 Å². The molecule has 26 heavy (non-hydrogen) atoms. The molecule has 0 aliphatic heterocycles. The highest BCUT2D eigenvalue weighted by Crippen LogP contribution is 2.17. The lowest BCUT2D eigenvalue weighted by molar-refractivity contribution is -0.121. The Hall–Kier alpha value is -2.18. The second-order valence-electron chi connectivity index (χ2n) is 6.61. The summed E-state index contributed by atoms with van der Waals surface area (Å²) >= 11 is 0. The summed E-state index contributed by atoms with van der Waals surface area (Å²) in [6.45, 7) is 5.65. The molecule has 2 rings (SSSR count). The molecule has 0 unspecified atom stereocenters. The van der Waals surface area contributed by atoms with E-state index in [2.05, 4.69) is 5.32 Å². The first kappa shape index (κ1) is 20.1. The van der Waals surface area contributed by atoms with Gasteiger partial charge < -0.3 is 5.32 Å². The third-order valence-electron chi connectivity index (χ3n) is 3.92. The van der Waals surface area contributed by atoms with Gasteiger partial charge in [-0.1, -0.05) is 48.0 Å². The van der Waals surface area contributed by atoms with Gasteiger partial charge in [0.25, 0.3) is 0 Å². The Bertz CT molecular complexity index is 816. The van der Waals surface area contributed by atoms with Crippen LogP contribution in [0.15, 0.2) is 59.5 Å². The number of carbonyl (C=O) groups excluding carboxylic acids is 1. The van der Waals surface area contributed by atoms with Gasteiger partial charge in [0.05, 0.1) is 11.4 Å². The van der Waals surface area contributed by atoms with Crippen molar-refractivity contribution in [3.05, 3.63) is 65.7 Å². The van der Waals surface area contributed by atoms with Crippen molar-refractivity contribution in [3.63, 3.8) is 0 Å². The molecule has 1 amide bonds. The van der Waals surface area contributed by atoms with Gasteiger partial charge in [0.2, 0.25) is 15.9 Å². The highest BCUT2D eigenvalue weighted by molar-refractivity contribution is 7.89. The molecule has 0 saturated heterocycles. The van der Waals surface area contributed by atoms with E-state index in [1.165, 1.54) is 4.31 Å². The molecule has 1 N–H and O–H groups in total. The predicted molar refractivity (Wildman–Crippen MR) is 103 cm³/mol. The van der Waals surface area contributed by atoms with Crippen LogP contribution in [0.5, 0.6) is 0 Å². The largest absolute Gasteiger partial charge is 0.353 e. The smallest absolute Gasteiger partial charge is 0.243 e. The van der Waals surface area contributed by atoms with Crippen molar-refractivity contribution >= 4 is 15.9 Å². The maximum Gasteiger partial charge on any atom is 0.243 e. The van der Waals surface area contributed by atoms with Crippen molar-refractivity contribution in [1.29, 1.82) is 0 Å². The first-order valence-corrected chi connectivity index (χ1v) is 10.1. The minimum atomic E-state index is -3.75. The average Bonchev–Trinajstić information content (AvgIpc) is 2.59. The minimum Gasteiger partial charge on any atom is -0.353 e. The zero-order valence-electron chi connectivity index (χ0n) is 15.5. The van der Waals surface area contributed by atoms with Crippen LogP contribution in [0.4, 0.5) is 0 Å². The fraction of sp³-hybridized carbons (Fsp3) is 0.350. The van der Waals surface area contributed by atoms with Gasteiger partial charge in [-0.15, -0.1) is 0 Å². The first-order chi connectivity index (χ1) is 12.3. The van der Waals surface area contributed by atoms with Crippen LogP contribution in [-0.2, 0) is 21.2 Å². The summed E-state index contributed by atoms with van der Waals surface area (Å²) in [5.41, 5.74) is 2.01. The Kier molecular flexibility index (Phi) is 6.94. The molecule has 0 atom stereocenters. The number of sulfonamides is 1. The maximum absolute atomic E-state index is 13.0. The van der Waals surface area contributed by atoms with E-state index in [-0.39, 0.29) is 29.9 Å². The molecule has 0 aromatic heterocycles. The molecule has 5 nitrogen and oxygen atoms in total. The van der Waals surface area contributed by atoms with Crippen molar-refractivity contribution < 1.29 is 13.2 Å². The quantitative estimate of drug-likeness (QED) is 0.773. The van der Waals surface area contributed by atoms with Crippen LogP contribution < -0.4 is 5.32 Å². The summed E-state index contributed by atoms with van der Waals surface area (Å²) in [6, 6.07) is 16.3. The SMILES string of the molecule is Cc1ccc(S(=O)(=O)N(CCc2ccccc2)CC(=O)NC(C)C)cc1. The number of aryl methyl sites for hydroxylation is 1. The fourth-order valence-corrected chi connectivity index (χ4v) is 3.97. The average molecular weight is 375 g/mol. The summed E-state index contributed by atoms with van der Waals surface area (Å²) < 4.78 is 27.3. The lowest BCUT2D eigenvalue weighted by Gasteiger charge is -2.22. The third kappa shape index (κ3) is 5.68. The number of benzene rings is 2. The van der Waals surface area contributed by atoms with Crippen molar-refractivity contribution in [3.8, 4) is 0 Å². The number of nitrogens with one attached hydrogen (secondary N) is 1. The summed E-state index contributed by atoms with van der Waals surface area (Å²) in [5.74, 6) is -0.302. The van der Waals surface area contributed by atoms with E-state index in [0.717, 1.165) is 11.1 Å². The standard InChI is InChI=1S/C20H26N2O3S/c1-16(2)21-20(23)15-22(14-13-18-7-5-4-6-8-18)26(24,25)19-11-9-17(3)10-12-19/h4-12,16H,13-15H2,1-3H3,(H,21,23). The van der Waals surface area contributed by atoms with E-state index in [1.54, 1.807) is 24.3 Å². The number of carbonyl (C=O) groups is 1. The lowest BCUT2D eigenvalue weighted by atomic mass is 10.1. The second kappa shape index (κ2) is 8.96. The molecular weight excluding hydrogens is 348 g/mol. The fourth-order valence-electron chi connectivity index (χ4n) is 2.57. The molecule has 0 aliphatic carbocycles. The van der Waals surface area contributed by atoms with Crippen molar-refractivity contribution in [2.75, 3.05) is 13.1 Å². The summed E-state index contributed by atoms with van der Waals surface area (Å²) in [4.78, 5) is 12.4. The van der Waals surface area contributed by atoms with Crippen LogP contribution in [0.2, 0.25) is 0 Å². The van der Waals surface area contributed by atoms with Gasteiger partial charge >= 0.3 is 0 Å². The van der Waals surface area contributed by atoms with Gasteiger partial charge in [0.1, 0.15) is 0 Å². The Labute approximate surface area is 156 Å². The minimum absolute atomic E-state index is 0.0412. The number of hydrogen-bond donors (Lipinski definition) is 1. The van der Waals surface area contributed by atoms with Gasteiger partial charge in [-0.3, -0.25) is 4.79 Å². The maximum atomic E-state index is 13.0. The van der Waals surface area contributed by atoms with Crippen LogP contribution in [0.1, 0.15) is 25.0 Å². The van der Waals surface area contributed by atoms with Gasteiger partial charge in [0.15, 0.2) is 0 Å². The van der Waals surface area contributed by atoms with E-state index in [9.17, 15) is 13.2 Å². The topological polar surface area (TPSA) is 66.5 Å². The molecule has 0 bridgehead atoms. The van der Waals surface area contributed by atoms with Gasteiger partial charge in [0, 0.05) is 12.6 Å². The zero-order chi connectivity index (χ0) is 19.2. The number of hydrogen-bond acceptors (Lipinski definition) is 3. The third-order valence-corrected chi connectivity index (χ3v) is 5.78. The van der Waals surface area contributed by atoms with E-state index in [0.29, 0.717) is 6.42 Å². The van der Waals surface area contributed by atoms with E-state index >= 15 is 0 Å². The molecule has 0 radical (unpaired) electrons. The normalized spacial score (nSPS) is 11.7. The van der Waals surface area contributed by atoms with E-state index in [4.69, 9.17) is 0 Å². The monoisotopic (exact) mass is 374 g/mol. The van der Waals surface area contributed by atoms with Crippen molar-refractivity contribution in [2.24, 2.45) is 0 Å². The molecule has 140 valence electrons. The molecule has 0 fully saturated rings. The molecule has 6 heteroatoms. The highest BCUT2D eigenvalue weighted by Gasteiger charge is 2.26. The zero-order valence-corrected chi connectivity index (χ0v) is 16.3. The number of rotatable bonds is 8. The van der Waals surface area contributed by atoms with Crippen LogP contribution in [-0.4, -0.2) is 37.8 Å². The summed E-state index contributed by atoms with van der Waals surface area (Å²) in [7, 11) is -3.75. The number of nitrogens with zero attached hydrogens (tertiary/aromatic N) is 1. The molecule has 0 aliphatic rings. The molecule has 0 spiro atoms. The van der Waals surface area contributed by atoms with Crippen molar-refractivity contribution in [1.82, 2.24) is 9.62 Å². The van der Waals surface area contributed by atoms with Crippen LogP contribution >= 0.6 is 0 Å². The molecular formula is C20H26N2O3S. The van der Waals surface area contributed by atoms with E-state index in [1.807, 2.05) is 51.1 Å². The van der Waals surface area contributed by atoms with Gasteiger partial charge in [-0.2, -0.15) is 4.31 Å². The molecule has 2 aromatic rings. The summed E-state index contributed by atoms with van der Waals surface area (Å²) in [5, 5.41) is 2.76. The first-order valence-electron chi connectivity index (χ1n) is 8.69. The highest BCUT2D eigenvalue weighted by atomic mass is 32.2. The van der Waals surface area contributed by atoms with Crippen molar-refractivity contribution in [2.45, 2.75) is 38.1 Å². The Morgan fingerprint density at radius 2 is 1.65 bits per heavy atom. The van der Waals surface area contributed by atoms with Crippen LogP contribution in [0.3, 0.4) is 0 Å². The number of amides is 1. The molecule has 0 saturated carbocycles. The molecule has 0 heterocycles. The second-order valence-corrected chi connectivity index (χ2v) is 8.55. The van der Waals surface area contributed by atoms with Crippen LogP contribution in [0, 0.1) is 6.92 Å². The predicted octanol–water partition coefficient (Wildman–Crippen LogP) is 2.75. The lowest BCUT2D eigenvalue weighted by Crippen LogP contribution is -2.43.